The van der Waals surface area contributed by atoms with Gasteiger partial charge in [0.15, 0.2) is 0 Å². The van der Waals surface area contributed by atoms with Gasteiger partial charge in [-0.15, -0.1) is 0 Å². The van der Waals surface area contributed by atoms with E-state index in [1.54, 1.807) is 0 Å². The third-order valence-electron chi connectivity index (χ3n) is 2.48. The lowest BCUT2D eigenvalue weighted by molar-refractivity contribution is -0.145. The smallest absolute Gasteiger partial charge is 0.322 e. The second-order valence-electron chi connectivity index (χ2n) is 3.60. The van der Waals surface area contributed by atoms with Crippen LogP contribution >= 0.6 is 0 Å². The fraction of sp³-hybridized carbons (Fsp3) is 0.417. The summed E-state index contributed by atoms with van der Waals surface area (Å²) in [4.78, 5) is 13.2. The zero-order valence-corrected chi connectivity index (χ0v) is 9.43. The highest BCUT2D eigenvalue weighted by molar-refractivity contribution is 5.75. The first-order valence-electron chi connectivity index (χ1n) is 4.97. The van der Waals surface area contributed by atoms with Gasteiger partial charge in [0.25, 0.3) is 0 Å². The number of carbonyl (C=O) groups excluding carboxylic acids is 1. The topological polar surface area (TPSA) is 29.5 Å². The number of hydrogen-bond donors (Lipinski definition) is 0. The van der Waals surface area contributed by atoms with Gasteiger partial charge in [-0.2, -0.15) is 0 Å². The Labute approximate surface area is 90.7 Å². The summed E-state index contributed by atoms with van der Waals surface area (Å²) in [6.45, 7) is 2.59. The van der Waals surface area contributed by atoms with E-state index in [2.05, 4.69) is 0 Å². The molecule has 0 aliphatic heterocycles. The molecule has 1 aromatic carbocycles. The van der Waals surface area contributed by atoms with Crippen LogP contribution < -0.4 is 0 Å². The fourth-order valence-corrected chi connectivity index (χ4v) is 1.36. The third-order valence-corrected chi connectivity index (χ3v) is 2.48. The minimum atomic E-state index is -0.213. The SMILES string of the molecule is COC(=O)[C@H](C)N(C)Cc1ccccc1. The average molecular weight is 207 g/mol. The van der Waals surface area contributed by atoms with Crippen LogP contribution in [0.3, 0.4) is 0 Å². The molecule has 1 aromatic rings. The van der Waals surface area contributed by atoms with Crippen LogP contribution in [0.4, 0.5) is 0 Å². The van der Waals surface area contributed by atoms with E-state index >= 15 is 0 Å². The Morgan fingerprint density at radius 1 is 1.40 bits per heavy atom. The second-order valence-corrected chi connectivity index (χ2v) is 3.60. The van der Waals surface area contributed by atoms with Crippen molar-refractivity contribution in [2.24, 2.45) is 0 Å². The molecule has 3 nitrogen and oxygen atoms in total. The molecule has 0 fully saturated rings. The summed E-state index contributed by atoms with van der Waals surface area (Å²) in [7, 11) is 3.32. The third kappa shape index (κ3) is 3.36. The van der Waals surface area contributed by atoms with Gasteiger partial charge in [-0.25, -0.2) is 0 Å². The minimum absolute atomic E-state index is 0.201. The number of esters is 1. The molecule has 15 heavy (non-hydrogen) atoms. The molecule has 0 unspecified atom stereocenters. The summed E-state index contributed by atoms with van der Waals surface area (Å²) in [5, 5.41) is 0. The Balaban J connectivity index is 2.56. The van der Waals surface area contributed by atoms with Gasteiger partial charge in [-0.05, 0) is 19.5 Å². The van der Waals surface area contributed by atoms with Crippen molar-refractivity contribution in [3.8, 4) is 0 Å². The van der Waals surface area contributed by atoms with Crippen molar-refractivity contribution in [2.75, 3.05) is 14.2 Å². The quantitative estimate of drug-likeness (QED) is 0.703. The van der Waals surface area contributed by atoms with Gasteiger partial charge in [0.1, 0.15) is 6.04 Å². The predicted molar refractivity (Wildman–Crippen MR) is 59.4 cm³/mol. The van der Waals surface area contributed by atoms with Gasteiger partial charge in [0, 0.05) is 6.54 Å². The lowest BCUT2D eigenvalue weighted by Gasteiger charge is -2.22. The number of hydrogen-bond acceptors (Lipinski definition) is 3. The van der Waals surface area contributed by atoms with Gasteiger partial charge in [-0.1, -0.05) is 30.3 Å². The molecule has 0 amide bonds. The predicted octanol–water partition coefficient (Wildman–Crippen LogP) is 1.68. The summed E-state index contributed by atoms with van der Waals surface area (Å²) in [5.74, 6) is -0.201. The summed E-state index contributed by atoms with van der Waals surface area (Å²) in [5.41, 5.74) is 1.19. The van der Waals surface area contributed by atoms with Crippen LogP contribution in [-0.2, 0) is 16.1 Å². The molecule has 82 valence electrons. The molecule has 1 atom stereocenters. The summed E-state index contributed by atoms with van der Waals surface area (Å²) >= 11 is 0. The van der Waals surface area contributed by atoms with Crippen molar-refractivity contribution < 1.29 is 9.53 Å². The zero-order chi connectivity index (χ0) is 11.3. The highest BCUT2D eigenvalue weighted by Gasteiger charge is 2.17. The van der Waals surface area contributed by atoms with E-state index < -0.39 is 0 Å². The lowest BCUT2D eigenvalue weighted by Crippen LogP contribution is -2.36. The van der Waals surface area contributed by atoms with Crippen molar-refractivity contribution in [2.45, 2.75) is 19.5 Å². The number of rotatable bonds is 4. The highest BCUT2D eigenvalue weighted by atomic mass is 16.5. The molecule has 1 rings (SSSR count). The van der Waals surface area contributed by atoms with E-state index in [-0.39, 0.29) is 12.0 Å². The molecule has 0 bridgehead atoms. The minimum Gasteiger partial charge on any atom is -0.468 e. The highest BCUT2D eigenvalue weighted by Crippen LogP contribution is 2.06. The molecule has 0 saturated carbocycles. The van der Waals surface area contributed by atoms with Gasteiger partial charge in [0.2, 0.25) is 0 Å². The molecule has 0 spiro atoms. The van der Waals surface area contributed by atoms with E-state index in [9.17, 15) is 4.79 Å². The number of methoxy groups -OCH3 is 1. The maximum atomic E-state index is 11.3. The fourth-order valence-electron chi connectivity index (χ4n) is 1.36. The summed E-state index contributed by atoms with van der Waals surface area (Å²) in [6, 6.07) is 9.84. The molecule has 0 N–H and O–H groups in total. The van der Waals surface area contributed by atoms with Gasteiger partial charge >= 0.3 is 5.97 Å². The zero-order valence-electron chi connectivity index (χ0n) is 9.43. The first kappa shape index (κ1) is 11.7. The first-order valence-corrected chi connectivity index (χ1v) is 4.97. The molecule has 0 saturated heterocycles. The van der Waals surface area contributed by atoms with Crippen LogP contribution in [0.15, 0.2) is 30.3 Å². The van der Waals surface area contributed by atoms with E-state index in [0.717, 1.165) is 6.54 Å². The van der Waals surface area contributed by atoms with Crippen molar-refractivity contribution in [1.29, 1.82) is 0 Å². The van der Waals surface area contributed by atoms with Crippen LogP contribution in [0, 0.1) is 0 Å². The van der Waals surface area contributed by atoms with Crippen molar-refractivity contribution >= 4 is 5.97 Å². The standard InChI is InChI=1S/C12H17NO2/c1-10(12(14)15-3)13(2)9-11-7-5-4-6-8-11/h4-8,10H,9H2,1-3H3/t10-/m0/s1. The van der Waals surface area contributed by atoms with Crippen LogP contribution in [-0.4, -0.2) is 31.1 Å². The van der Waals surface area contributed by atoms with Crippen LogP contribution in [0.2, 0.25) is 0 Å². The normalized spacial score (nSPS) is 12.5. The van der Waals surface area contributed by atoms with E-state index in [1.165, 1.54) is 12.7 Å². The molecular weight excluding hydrogens is 190 g/mol. The largest absolute Gasteiger partial charge is 0.468 e. The van der Waals surface area contributed by atoms with Crippen LogP contribution in [0.25, 0.3) is 0 Å². The monoisotopic (exact) mass is 207 g/mol. The summed E-state index contributed by atoms with van der Waals surface area (Å²) < 4.78 is 4.69. The van der Waals surface area contributed by atoms with E-state index in [0.29, 0.717) is 0 Å². The molecule has 0 aromatic heterocycles. The Morgan fingerprint density at radius 2 is 2.00 bits per heavy atom. The number of benzene rings is 1. The van der Waals surface area contributed by atoms with Gasteiger partial charge in [-0.3, -0.25) is 9.69 Å². The van der Waals surface area contributed by atoms with Gasteiger partial charge < -0.3 is 4.74 Å². The summed E-state index contributed by atoms with van der Waals surface area (Å²) in [6.07, 6.45) is 0. The maximum absolute atomic E-state index is 11.3. The Hall–Kier alpha value is -1.35. The number of nitrogens with zero attached hydrogens (tertiary/aromatic N) is 1. The Kier molecular flexibility index (Phi) is 4.31. The lowest BCUT2D eigenvalue weighted by atomic mass is 10.2. The Morgan fingerprint density at radius 3 is 2.53 bits per heavy atom. The number of ether oxygens (including phenoxy) is 1. The molecule has 0 radical (unpaired) electrons. The molecule has 3 heteroatoms. The van der Waals surface area contributed by atoms with Gasteiger partial charge in [0.05, 0.1) is 7.11 Å². The number of carbonyl (C=O) groups is 1. The molecular formula is C12H17NO2. The van der Waals surface area contributed by atoms with Crippen LogP contribution in [0.5, 0.6) is 0 Å². The molecule has 0 aliphatic rings. The Bertz CT molecular complexity index is 311. The van der Waals surface area contributed by atoms with E-state index in [1.807, 2.05) is 49.2 Å². The average Bonchev–Trinajstić information content (AvgIpc) is 2.28. The van der Waals surface area contributed by atoms with Crippen molar-refractivity contribution in [3.63, 3.8) is 0 Å². The number of likely N-dealkylation sites (N-methyl/N-ethyl adjacent to an activating group) is 1. The molecule has 0 aliphatic carbocycles. The van der Waals surface area contributed by atoms with E-state index in [4.69, 9.17) is 4.74 Å². The molecule has 0 heterocycles. The maximum Gasteiger partial charge on any atom is 0.322 e. The second kappa shape index (κ2) is 5.51. The van der Waals surface area contributed by atoms with Crippen molar-refractivity contribution in [1.82, 2.24) is 4.90 Å². The first-order chi connectivity index (χ1) is 7.15. The van der Waals surface area contributed by atoms with Crippen molar-refractivity contribution in [3.05, 3.63) is 35.9 Å². The van der Waals surface area contributed by atoms with Crippen LogP contribution in [0.1, 0.15) is 12.5 Å².